The lowest BCUT2D eigenvalue weighted by Gasteiger charge is -2.17. The van der Waals surface area contributed by atoms with Crippen molar-refractivity contribution in [3.63, 3.8) is 0 Å². The fourth-order valence-corrected chi connectivity index (χ4v) is 2.56. The van der Waals surface area contributed by atoms with Crippen molar-refractivity contribution in [3.8, 4) is 0 Å². The predicted molar refractivity (Wildman–Crippen MR) is 109 cm³/mol. The van der Waals surface area contributed by atoms with E-state index in [1.807, 2.05) is 6.07 Å². The summed E-state index contributed by atoms with van der Waals surface area (Å²) in [6.45, 7) is 4.78. The second-order valence-corrected chi connectivity index (χ2v) is 6.81. The van der Waals surface area contributed by atoms with Crippen LogP contribution in [0, 0.1) is 0 Å². The molecule has 0 saturated heterocycles. The summed E-state index contributed by atoms with van der Waals surface area (Å²) >= 11 is 0. The monoisotopic (exact) mass is 463 g/mol. The van der Waals surface area contributed by atoms with Gasteiger partial charge in [0.2, 0.25) is 5.91 Å². The van der Waals surface area contributed by atoms with Crippen LogP contribution >= 0.6 is 24.0 Å². The molecule has 0 spiro atoms. The topological polar surface area (TPSA) is 82.8 Å². The van der Waals surface area contributed by atoms with Crippen LogP contribution in [-0.2, 0) is 11.3 Å². The van der Waals surface area contributed by atoms with E-state index in [4.69, 9.17) is 4.52 Å². The molecule has 1 aliphatic carbocycles. The lowest BCUT2D eigenvalue weighted by Crippen LogP contribution is -2.42. The van der Waals surface area contributed by atoms with Crippen molar-refractivity contribution >= 4 is 35.8 Å². The fourth-order valence-electron chi connectivity index (χ4n) is 2.56. The van der Waals surface area contributed by atoms with Crippen LogP contribution in [0.25, 0.3) is 0 Å². The molecule has 7 nitrogen and oxygen atoms in total. The number of carbonyl (C=O) groups is 1. The smallest absolute Gasteiger partial charge is 0.243 e. The van der Waals surface area contributed by atoms with Crippen molar-refractivity contribution < 1.29 is 9.32 Å². The molecule has 1 fully saturated rings. The number of likely N-dealkylation sites (N-methyl/N-ethyl adjacent to an activating group) is 1. The number of rotatable bonds is 6. The van der Waals surface area contributed by atoms with Gasteiger partial charge in [0.15, 0.2) is 11.7 Å². The third kappa shape index (κ3) is 7.21. The normalized spacial score (nSPS) is 15.2. The van der Waals surface area contributed by atoms with Crippen LogP contribution in [0.2, 0.25) is 0 Å². The first kappa shape index (κ1) is 21.7. The molecule has 0 aliphatic heterocycles. The Hall–Kier alpha value is -1.32. The van der Waals surface area contributed by atoms with E-state index in [2.05, 4.69) is 34.6 Å². The highest BCUT2D eigenvalue weighted by Crippen LogP contribution is 2.17. The molecule has 0 aromatic carbocycles. The fraction of sp³-hybridized carbons (Fsp3) is 0.706. The first-order valence-electron chi connectivity index (χ1n) is 8.66. The summed E-state index contributed by atoms with van der Waals surface area (Å²) in [6, 6.07) is 2.38. The molecule has 142 valence electrons. The Morgan fingerprint density at radius 3 is 2.64 bits per heavy atom. The molecule has 1 aromatic rings. The summed E-state index contributed by atoms with van der Waals surface area (Å²) in [7, 11) is 3.47. The molecular formula is C17H30IN5O2. The van der Waals surface area contributed by atoms with Crippen LogP contribution < -0.4 is 10.6 Å². The van der Waals surface area contributed by atoms with Crippen LogP contribution in [-0.4, -0.2) is 48.6 Å². The zero-order valence-electron chi connectivity index (χ0n) is 15.5. The number of nitrogens with zero attached hydrogens (tertiary/aromatic N) is 3. The molecule has 0 atom stereocenters. The minimum atomic E-state index is -0.0238. The van der Waals surface area contributed by atoms with Crippen molar-refractivity contribution in [2.24, 2.45) is 4.99 Å². The van der Waals surface area contributed by atoms with E-state index >= 15 is 0 Å². The quantitative estimate of drug-likeness (QED) is 0.385. The van der Waals surface area contributed by atoms with Gasteiger partial charge in [0, 0.05) is 26.2 Å². The standard InChI is InChI=1S/C17H29N5O2.HI/c1-12(2)15-9-14(24-21-15)10-18-17(19-11-16(23)22(3)4)20-13-7-5-6-8-13;/h9,12-13H,5-8,10-11H2,1-4H3,(H2,18,19,20);1H. The lowest BCUT2D eigenvalue weighted by molar-refractivity contribution is -0.127. The van der Waals surface area contributed by atoms with E-state index in [0.717, 1.165) is 24.3 Å². The summed E-state index contributed by atoms with van der Waals surface area (Å²) in [5.41, 5.74) is 0.942. The average Bonchev–Trinajstić information content (AvgIpc) is 3.20. The van der Waals surface area contributed by atoms with E-state index in [1.165, 1.54) is 12.8 Å². The van der Waals surface area contributed by atoms with Crippen LogP contribution in [0.5, 0.6) is 0 Å². The molecule has 0 radical (unpaired) electrons. The van der Waals surface area contributed by atoms with Gasteiger partial charge in [-0.2, -0.15) is 0 Å². The minimum Gasteiger partial charge on any atom is -0.359 e. The summed E-state index contributed by atoms with van der Waals surface area (Å²) in [5.74, 6) is 1.73. The van der Waals surface area contributed by atoms with Crippen LogP contribution in [0.3, 0.4) is 0 Å². The number of carbonyl (C=O) groups excluding carboxylic acids is 1. The minimum absolute atomic E-state index is 0. The van der Waals surface area contributed by atoms with Crippen molar-refractivity contribution in [1.29, 1.82) is 0 Å². The molecule has 1 aromatic heterocycles. The number of aromatic nitrogens is 1. The van der Waals surface area contributed by atoms with Crippen molar-refractivity contribution in [1.82, 2.24) is 20.7 Å². The lowest BCUT2D eigenvalue weighted by atomic mass is 10.1. The molecule has 1 heterocycles. The number of hydrogen-bond acceptors (Lipinski definition) is 4. The molecule has 0 unspecified atom stereocenters. The summed E-state index contributed by atoms with van der Waals surface area (Å²) in [4.78, 5) is 17.7. The molecule has 1 aliphatic rings. The largest absolute Gasteiger partial charge is 0.359 e. The Kier molecular flexibility index (Phi) is 9.23. The van der Waals surface area contributed by atoms with Crippen LogP contribution in [0.4, 0.5) is 0 Å². The molecule has 25 heavy (non-hydrogen) atoms. The Morgan fingerprint density at radius 2 is 2.08 bits per heavy atom. The van der Waals surface area contributed by atoms with Gasteiger partial charge in [-0.3, -0.25) is 4.79 Å². The summed E-state index contributed by atoms with van der Waals surface area (Å²) in [6.07, 6.45) is 4.76. The Morgan fingerprint density at radius 1 is 1.40 bits per heavy atom. The number of aliphatic imine (C=N–C) groups is 1. The van der Waals surface area contributed by atoms with Gasteiger partial charge in [0.25, 0.3) is 0 Å². The highest BCUT2D eigenvalue weighted by atomic mass is 127. The van der Waals surface area contributed by atoms with E-state index in [0.29, 0.717) is 24.5 Å². The first-order valence-corrected chi connectivity index (χ1v) is 8.66. The van der Waals surface area contributed by atoms with Crippen molar-refractivity contribution in [3.05, 3.63) is 17.5 Å². The maximum absolute atomic E-state index is 11.8. The molecule has 2 N–H and O–H groups in total. The van der Waals surface area contributed by atoms with Gasteiger partial charge in [-0.05, 0) is 18.8 Å². The van der Waals surface area contributed by atoms with Gasteiger partial charge >= 0.3 is 0 Å². The SMILES string of the molecule is CC(C)c1cc(CNC(=NCC(=O)N(C)C)NC2CCCC2)on1.I. The van der Waals surface area contributed by atoms with E-state index in [-0.39, 0.29) is 36.4 Å². The molecule has 1 amide bonds. The number of amides is 1. The van der Waals surface area contributed by atoms with Gasteiger partial charge in [-0.15, -0.1) is 24.0 Å². The Labute approximate surface area is 167 Å². The first-order chi connectivity index (χ1) is 11.5. The van der Waals surface area contributed by atoms with Gasteiger partial charge < -0.3 is 20.1 Å². The van der Waals surface area contributed by atoms with Crippen molar-refractivity contribution in [2.75, 3.05) is 20.6 Å². The second-order valence-electron chi connectivity index (χ2n) is 6.81. The van der Waals surface area contributed by atoms with Gasteiger partial charge in [-0.1, -0.05) is 31.8 Å². The maximum Gasteiger partial charge on any atom is 0.243 e. The van der Waals surface area contributed by atoms with E-state index in [1.54, 1.807) is 19.0 Å². The molecular weight excluding hydrogens is 433 g/mol. The third-order valence-electron chi connectivity index (χ3n) is 4.17. The number of nitrogens with one attached hydrogen (secondary N) is 2. The second kappa shape index (κ2) is 10.6. The Balaban J connectivity index is 0.00000312. The van der Waals surface area contributed by atoms with Gasteiger partial charge in [-0.25, -0.2) is 4.99 Å². The third-order valence-corrected chi connectivity index (χ3v) is 4.17. The summed E-state index contributed by atoms with van der Waals surface area (Å²) < 4.78 is 5.34. The highest BCUT2D eigenvalue weighted by molar-refractivity contribution is 14.0. The van der Waals surface area contributed by atoms with Crippen LogP contribution in [0.1, 0.15) is 56.9 Å². The molecule has 2 rings (SSSR count). The number of guanidine groups is 1. The number of hydrogen-bond donors (Lipinski definition) is 2. The van der Waals surface area contributed by atoms with E-state index < -0.39 is 0 Å². The maximum atomic E-state index is 11.8. The average molecular weight is 463 g/mol. The number of halogens is 1. The molecule has 1 saturated carbocycles. The zero-order chi connectivity index (χ0) is 17.5. The highest BCUT2D eigenvalue weighted by Gasteiger charge is 2.17. The zero-order valence-corrected chi connectivity index (χ0v) is 17.9. The Bertz CT molecular complexity index is 565. The van der Waals surface area contributed by atoms with Gasteiger partial charge in [0.1, 0.15) is 6.54 Å². The molecule has 8 heteroatoms. The predicted octanol–water partition coefficient (Wildman–Crippen LogP) is 2.48. The molecule has 0 bridgehead atoms. The van der Waals surface area contributed by atoms with Crippen molar-refractivity contribution in [2.45, 2.75) is 58.0 Å². The van der Waals surface area contributed by atoms with Gasteiger partial charge in [0.05, 0.1) is 12.2 Å². The summed E-state index contributed by atoms with van der Waals surface area (Å²) in [5, 5.41) is 10.7. The van der Waals surface area contributed by atoms with Crippen LogP contribution in [0.15, 0.2) is 15.6 Å². The van der Waals surface area contributed by atoms with E-state index in [9.17, 15) is 4.79 Å².